The van der Waals surface area contributed by atoms with Gasteiger partial charge in [0.05, 0.1) is 11.3 Å². The molecule has 16 heavy (non-hydrogen) atoms. The third kappa shape index (κ3) is 3.01. The second-order valence-corrected chi connectivity index (χ2v) is 5.79. The second kappa shape index (κ2) is 4.48. The summed E-state index contributed by atoms with van der Waals surface area (Å²) in [7, 11) is -2.19. The van der Waals surface area contributed by atoms with E-state index in [1.165, 1.54) is 32.2 Å². The molecule has 0 aliphatic rings. The molecule has 1 aromatic carbocycles. The highest BCUT2D eigenvalue weighted by atomic mass is 32.2. The number of benzene rings is 1. The minimum absolute atomic E-state index is 0.189. The molecular weight excluding hydrogens is 231 g/mol. The molecule has 0 aliphatic carbocycles. The fourth-order valence-electron chi connectivity index (χ4n) is 1.47. The van der Waals surface area contributed by atoms with Crippen molar-refractivity contribution in [3.8, 4) is 0 Å². The van der Waals surface area contributed by atoms with Gasteiger partial charge in [0.1, 0.15) is 5.82 Å². The molecule has 0 heterocycles. The Bertz CT molecular complexity index is 471. The minimum Gasteiger partial charge on any atom is -0.321 e. The maximum Gasteiger partial charge on any atom is 0.213 e. The number of rotatable bonds is 4. The summed E-state index contributed by atoms with van der Waals surface area (Å²) in [5.41, 5.74) is 4.77. The van der Waals surface area contributed by atoms with Crippen LogP contribution in [0.15, 0.2) is 24.3 Å². The summed E-state index contributed by atoms with van der Waals surface area (Å²) in [6.07, 6.45) is 0. The van der Waals surface area contributed by atoms with Crippen molar-refractivity contribution >= 4 is 10.0 Å². The van der Waals surface area contributed by atoms with Crippen LogP contribution in [-0.2, 0) is 15.6 Å². The van der Waals surface area contributed by atoms with Crippen LogP contribution >= 0.6 is 0 Å². The maximum absolute atomic E-state index is 13.5. The monoisotopic (exact) mass is 246 g/mol. The molecule has 6 heteroatoms. The lowest BCUT2D eigenvalue weighted by molar-refractivity contribution is 0.490. The quantitative estimate of drug-likeness (QED) is 0.815. The topological polar surface area (TPSA) is 72.2 Å². The van der Waals surface area contributed by atoms with Crippen molar-refractivity contribution in [1.82, 2.24) is 4.72 Å². The summed E-state index contributed by atoms with van der Waals surface area (Å²) < 4.78 is 38.4. The number of hydrogen-bond donors (Lipinski definition) is 2. The maximum atomic E-state index is 13.5. The molecule has 4 nitrogen and oxygen atoms in total. The molecule has 0 saturated carbocycles. The summed E-state index contributed by atoms with van der Waals surface area (Å²) in [5.74, 6) is -0.865. The summed E-state index contributed by atoms with van der Waals surface area (Å²) in [4.78, 5) is 0. The molecule has 3 N–H and O–H groups in total. The SMILES string of the molecule is CNS(=O)(=O)CC(C)(N)c1ccccc1F. The lowest BCUT2D eigenvalue weighted by Gasteiger charge is -2.25. The average molecular weight is 246 g/mol. The molecule has 0 amide bonds. The van der Waals surface area contributed by atoms with Crippen LogP contribution in [-0.4, -0.2) is 21.2 Å². The fourth-order valence-corrected chi connectivity index (χ4v) is 2.56. The van der Waals surface area contributed by atoms with Crippen molar-refractivity contribution < 1.29 is 12.8 Å². The van der Waals surface area contributed by atoms with Crippen LogP contribution in [0.1, 0.15) is 12.5 Å². The van der Waals surface area contributed by atoms with E-state index >= 15 is 0 Å². The molecule has 1 unspecified atom stereocenters. The number of nitrogens with one attached hydrogen (secondary N) is 1. The predicted octanol–water partition coefficient (Wildman–Crippen LogP) is 0.549. The Balaban J connectivity index is 3.08. The smallest absolute Gasteiger partial charge is 0.213 e. The van der Waals surface area contributed by atoms with E-state index in [-0.39, 0.29) is 11.3 Å². The lowest BCUT2D eigenvalue weighted by atomic mass is 9.95. The zero-order chi connectivity index (χ0) is 12.4. The van der Waals surface area contributed by atoms with Gasteiger partial charge in [-0.05, 0) is 20.0 Å². The van der Waals surface area contributed by atoms with Gasteiger partial charge in [-0.25, -0.2) is 17.5 Å². The molecule has 0 radical (unpaired) electrons. The van der Waals surface area contributed by atoms with Gasteiger partial charge in [-0.1, -0.05) is 18.2 Å². The lowest BCUT2D eigenvalue weighted by Crippen LogP contribution is -2.44. The molecule has 90 valence electrons. The van der Waals surface area contributed by atoms with Gasteiger partial charge < -0.3 is 5.73 Å². The van der Waals surface area contributed by atoms with Crippen molar-refractivity contribution in [2.24, 2.45) is 5.73 Å². The third-order valence-electron chi connectivity index (χ3n) is 2.29. The summed E-state index contributed by atoms with van der Waals surface area (Å²) in [6, 6.07) is 5.89. The van der Waals surface area contributed by atoms with E-state index in [1.54, 1.807) is 6.07 Å². The largest absolute Gasteiger partial charge is 0.321 e. The Hall–Kier alpha value is -0.980. The number of sulfonamides is 1. The van der Waals surface area contributed by atoms with E-state index in [1.807, 2.05) is 0 Å². The molecule has 1 rings (SSSR count). The first kappa shape index (κ1) is 13.1. The highest BCUT2D eigenvalue weighted by Gasteiger charge is 2.30. The van der Waals surface area contributed by atoms with Gasteiger partial charge in [-0.15, -0.1) is 0 Å². The zero-order valence-electron chi connectivity index (χ0n) is 9.20. The van der Waals surface area contributed by atoms with Crippen LogP contribution in [0.2, 0.25) is 0 Å². The Kier molecular flexibility index (Phi) is 3.67. The minimum atomic E-state index is -3.48. The van der Waals surface area contributed by atoms with E-state index in [9.17, 15) is 12.8 Å². The van der Waals surface area contributed by atoms with E-state index in [0.717, 1.165) is 0 Å². The molecule has 0 bridgehead atoms. The molecule has 1 aromatic rings. The first-order chi connectivity index (χ1) is 7.28. The molecule has 0 aliphatic heterocycles. The fraction of sp³-hybridized carbons (Fsp3) is 0.400. The summed E-state index contributed by atoms with van der Waals surface area (Å²) >= 11 is 0. The molecule has 1 atom stereocenters. The van der Waals surface area contributed by atoms with Gasteiger partial charge in [0, 0.05) is 5.56 Å². The van der Waals surface area contributed by atoms with Crippen molar-refractivity contribution in [1.29, 1.82) is 0 Å². The number of hydrogen-bond acceptors (Lipinski definition) is 3. The van der Waals surface area contributed by atoms with Crippen LogP contribution in [0.25, 0.3) is 0 Å². The highest BCUT2D eigenvalue weighted by Crippen LogP contribution is 2.22. The van der Waals surface area contributed by atoms with E-state index in [0.29, 0.717) is 0 Å². The van der Waals surface area contributed by atoms with Crippen LogP contribution in [0.3, 0.4) is 0 Å². The van der Waals surface area contributed by atoms with E-state index in [4.69, 9.17) is 5.73 Å². The molecule has 0 spiro atoms. The van der Waals surface area contributed by atoms with Crippen LogP contribution in [0, 0.1) is 5.82 Å². The highest BCUT2D eigenvalue weighted by molar-refractivity contribution is 7.89. The summed E-state index contributed by atoms with van der Waals surface area (Å²) in [5, 5.41) is 0. The normalized spacial score (nSPS) is 15.8. The second-order valence-electron chi connectivity index (χ2n) is 3.86. The van der Waals surface area contributed by atoms with E-state index in [2.05, 4.69) is 4.72 Å². The Labute approximate surface area is 94.7 Å². The van der Waals surface area contributed by atoms with Crippen molar-refractivity contribution in [3.63, 3.8) is 0 Å². The van der Waals surface area contributed by atoms with Crippen LogP contribution in [0.4, 0.5) is 4.39 Å². The number of halogens is 1. The Morgan fingerprint density at radius 2 is 2.00 bits per heavy atom. The zero-order valence-corrected chi connectivity index (χ0v) is 10.0. The summed E-state index contributed by atoms with van der Waals surface area (Å²) in [6.45, 7) is 1.49. The number of nitrogens with two attached hydrogens (primary N) is 1. The molecule has 0 aromatic heterocycles. The van der Waals surface area contributed by atoms with Gasteiger partial charge in [0.25, 0.3) is 0 Å². The first-order valence-corrected chi connectivity index (χ1v) is 6.39. The van der Waals surface area contributed by atoms with E-state index < -0.39 is 21.4 Å². The Morgan fingerprint density at radius 3 is 2.50 bits per heavy atom. The van der Waals surface area contributed by atoms with Gasteiger partial charge in [0.2, 0.25) is 10.0 Å². The first-order valence-electron chi connectivity index (χ1n) is 4.73. The van der Waals surface area contributed by atoms with Gasteiger partial charge in [-0.2, -0.15) is 0 Å². The van der Waals surface area contributed by atoms with Crippen molar-refractivity contribution in [3.05, 3.63) is 35.6 Å². The third-order valence-corrected chi connectivity index (χ3v) is 3.89. The van der Waals surface area contributed by atoms with Gasteiger partial charge in [0.15, 0.2) is 0 Å². The van der Waals surface area contributed by atoms with Crippen molar-refractivity contribution in [2.75, 3.05) is 12.8 Å². The predicted molar refractivity (Wildman–Crippen MR) is 60.8 cm³/mol. The molecular formula is C10H15FN2O2S. The molecule has 0 saturated heterocycles. The molecule has 0 fully saturated rings. The average Bonchev–Trinajstić information content (AvgIpc) is 2.16. The van der Waals surface area contributed by atoms with Crippen LogP contribution < -0.4 is 10.5 Å². The van der Waals surface area contributed by atoms with Crippen molar-refractivity contribution in [2.45, 2.75) is 12.5 Å². The Morgan fingerprint density at radius 1 is 1.44 bits per heavy atom. The van der Waals surface area contributed by atoms with Gasteiger partial charge in [-0.3, -0.25) is 0 Å². The van der Waals surface area contributed by atoms with Crippen LogP contribution in [0.5, 0.6) is 0 Å². The standard InChI is InChI=1S/C10H15FN2O2S/c1-10(12,7-16(14,15)13-2)8-5-3-4-6-9(8)11/h3-6,13H,7,12H2,1-2H3. The van der Waals surface area contributed by atoms with Gasteiger partial charge >= 0.3 is 0 Å².